The van der Waals surface area contributed by atoms with Crippen LogP contribution < -0.4 is 5.32 Å². The summed E-state index contributed by atoms with van der Waals surface area (Å²) >= 11 is 0. The van der Waals surface area contributed by atoms with Crippen molar-refractivity contribution < 1.29 is 4.79 Å². The molecule has 0 spiro atoms. The molecule has 0 heterocycles. The molecule has 1 rings (SSSR count). The van der Waals surface area contributed by atoms with Gasteiger partial charge in [-0.15, -0.1) is 0 Å². The van der Waals surface area contributed by atoms with Gasteiger partial charge in [-0.1, -0.05) is 13.8 Å². The molecular weight excluding hydrogens is 126 g/mol. The second-order valence-corrected chi connectivity index (χ2v) is 3.11. The highest BCUT2D eigenvalue weighted by Crippen LogP contribution is 2.37. The highest BCUT2D eigenvalue weighted by Gasteiger charge is 2.38. The van der Waals surface area contributed by atoms with Crippen molar-refractivity contribution in [3.8, 4) is 0 Å². The minimum absolute atomic E-state index is 0.259. The fraction of sp³-hybridized carbons (Fsp3) is 0.875. The van der Waals surface area contributed by atoms with E-state index in [0.29, 0.717) is 11.8 Å². The van der Waals surface area contributed by atoms with E-state index >= 15 is 0 Å². The first-order valence-electron chi connectivity index (χ1n) is 4.03. The van der Waals surface area contributed by atoms with E-state index in [1.54, 1.807) is 0 Å². The normalized spacial score (nSPS) is 29.8. The van der Waals surface area contributed by atoms with E-state index in [1.165, 1.54) is 0 Å². The molecule has 0 aliphatic heterocycles. The van der Waals surface area contributed by atoms with Gasteiger partial charge in [-0.25, -0.2) is 0 Å². The third kappa shape index (κ3) is 1.72. The van der Waals surface area contributed by atoms with Gasteiger partial charge in [0, 0.05) is 12.5 Å². The molecule has 0 radical (unpaired) electrons. The van der Waals surface area contributed by atoms with Crippen LogP contribution in [0.1, 0.15) is 26.7 Å². The van der Waals surface area contributed by atoms with Gasteiger partial charge in [0.25, 0.3) is 0 Å². The predicted molar refractivity (Wildman–Crippen MR) is 40.6 cm³/mol. The van der Waals surface area contributed by atoms with Crippen molar-refractivity contribution >= 4 is 5.91 Å². The van der Waals surface area contributed by atoms with Gasteiger partial charge in [0.1, 0.15) is 0 Å². The number of nitrogens with one attached hydrogen (secondary N) is 1. The Bertz CT molecular complexity index is 133. The molecule has 2 nitrogen and oxygen atoms in total. The molecule has 58 valence electrons. The molecule has 1 amide bonds. The van der Waals surface area contributed by atoms with Crippen molar-refractivity contribution in [3.05, 3.63) is 0 Å². The Balaban J connectivity index is 2.11. The highest BCUT2D eigenvalue weighted by molar-refractivity contribution is 5.81. The lowest BCUT2D eigenvalue weighted by molar-refractivity contribution is -0.122. The van der Waals surface area contributed by atoms with Gasteiger partial charge in [0.05, 0.1) is 0 Å². The van der Waals surface area contributed by atoms with Gasteiger partial charge < -0.3 is 5.32 Å². The standard InChI is InChI=1S/C8H15NO/c1-3-4-9-8(10)7-5-6(7)2/h6-7H,3-5H2,1-2H3,(H,9,10)/t6-,7-/m1/s1. The average Bonchev–Trinajstić information content (AvgIpc) is 2.62. The molecule has 1 aliphatic carbocycles. The molecule has 10 heavy (non-hydrogen) atoms. The van der Waals surface area contributed by atoms with Gasteiger partial charge >= 0.3 is 0 Å². The van der Waals surface area contributed by atoms with E-state index in [2.05, 4.69) is 19.2 Å². The van der Waals surface area contributed by atoms with Crippen LogP contribution in [0.4, 0.5) is 0 Å². The van der Waals surface area contributed by atoms with E-state index in [-0.39, 0.29) is 5.91 Å². The van der Waals surface area contributed by atoms with Gasteiger partial charge in [-0.3, -0.25) is 4.79 Å². The second kappa shape index (κ2) is 3.04. The molecule has 0 unspecified atom stereocenters. The number of amides is 1. The monoisotopic (exact) mass is 141 g/mol. The number of carbonyl (C=O) groups is 1. The largest absolute Gasteiger partial charge is 0.356 e. The van der Waals surface area contributed by atoms with Crippen LogP contribution in [0.2, 0.25) is 0 Å². The second-order valence-electron chi connectivity index (χ2n) is 3.11. The smallest absolute Gasteiger partial charge is 0.223 e. The van der Waals surface area contributed by atoms with Gasteiger partial charge in [-0.2, -0.15) is 0 Å². The van der Waals surface area contributed by atoms with E-state index in [1.807, 2.05) is 0 Å². The minimum atomic E-state index is 0.259. The maximum absolute atomic E-state index is 11.1. The van der Waals surface area contributed by atoms with Crippen molar-refractivity contribution in [1.82, 2.24) is 5.32 Å². The zero-order chi connectivity index (χ0) is 7.56. The SMILES string of the molecule is CCCNC(=O)[C@@H]1C[C@H]1C. The number of hydrogen-bond donors (Lipinski definition) is 1. The van der Waals surface area contributed by atoms with Gasteiger partial charge in [0.2, 0.25) is 5.91 Å². The first-order valence-corrected chi connectivity index (χ1v) is 4.03. The molecule has 0 bridgehead atoms. The quantitative estimate of drug-likeness (QED) is 0.628. The number of hydrogen-bond acceptors (Lipinski definition) is 1. The molecule has 0 aromatic heterocycles. The summed E-state index contributed by atoms with van der Waals surface area (Å²) in [5.41, 5.74) is 0. The molecule has 0 aromatic carbocycles. The summed E-state index contributed by atoms with van der Waals surface area (Å²) in [6, 6.07) is 0. The van der Waals surface area contributed by atoms with Crippen LogP contribution in [0.3, 0.4) is 0 Å². The Morgan fingerprint density at radius 1 is 1.70 bits per heavy atom. The van der Waals surface area contributed by atoms with Crippen LogP contribution in [0.5, 0.6) is 0 Å². The summed E-state index contributed by atoms with van der Waals surface area (Å²) in [4.78, 5) is 11.1. The molecule has 1 fully saturated rings. The summed E-state index contributed by atoms with van der Waals surface area (Å²) in [5, 5.41) is 2.89. The number of carbonyl (C=O) groups excluding carboxylic acids is 1. The van der Waals surface area contributed by atoms with Crippen LogP contribution in [-0.4, -0.2) is 12.5 Å². The molecule has 1 aliphatic rings. The van der Waals surface area contributed by atoms with E-state index < -0.39 is 0 Å². The Kier molecular flexibility index (Phi) is 2.30. The van der Waals surface area contributed by atoms with Crippen molar-refractivity contribution in [2.24, 2.45) is 11.8 Å². The van der Waals surface area contributed by atoms with Crippen molar-refractivity contribution in [2.45, 2.75) is 26.7 Å². The van der Waals surface area contributed by atoms with Crippen molar-refractivity contribution in [1.29, 1.82) is 0 Å². The van der Waals surface area contributed by atoms with Gasteiger partial charge in [0.15, 0.2) is 0 Å². The van der Waals surface area contributed by atoms with E-state index in [0.717, 1.165) is 19.4 Å². The maximum Gasteiger partial charge on any atom is 0.223 e. The topological polar surface area (TPSA) is 29.1 Å². The maximum atomic E-state index is 11.1. The highest BCUT2D eigenvalue weighted by atomic mass is 16.2. The van der Waals surface area contributed by atoms with Crippen LogP contribution in [0.15, 0.2) is 0 Å². The Hall–Kier alpha value is -0.530. The summed E-state index contributed by atoms with van der Waals surface area (Å²) in [6.07, 6.45) is 2.13. The summed E-state index contributed by atoms with van der Waals surface area (Å²) in [5.74, 6) is 1.23. The van der Waals surface area contributed by atoms with Crippen LogP contribution >= 0.6 is 0 Å². The van der Waals surface area contributed by atoms with Crippen molar-refractivity contribution in [2.75, 3.05) is 6.54 Å². The molecule has 2 atom stereocenters. The van der Waals surface area contributed by atoms with E-state index in [4.69, 9.17) is 0 Å². The first-order chi connectivity index (χ1) is 4.75. The van der Waals surface area contributed by atoms with Crippen LogP contribution in [0.25, 0.3) is 0 Å². The lowest BCUT2D eigenvalue weighted by Gasteiger charge is -1.99. The molecule has 0 aromatic rings. The van der Waals surface area contributed by atoms with E-state index in [9.17, 15) is 4.79 Å². The van der Waals surface area contributed by atoms with Crippen LogP contribution in [-0.2, 0) is 4.79 Å². The fourth-order valence-electron chi connectivity index (χ4n) is 1.07. The number of rotatable bonds is 3. The lowest BCUT2D eigenvalue weighted by Crippen LogP contribution is -2.25. The summed E-state index contributed by atoms with van der Waals surface area (Å²) < 4.78 is 0. The zero-order valence-corrected chi connectivity index (χ0v) is 6.68. The third-order valence-electron chi connectivity index (χ3n) is 2.00. The third-order valence-corrected chi connectivity index (χ3v) is 2.00. The lowest BCUT2D eigenvalue weighted by atomic mass is 10.3. The fourth-order valence-corrected chi connectivity index (χ4v) is 1.07. The molecule has 1 N–H and O–H groups in total. The Labute approximate surface area is 62.0 Å². The summed E-state index contributed by atoms with van der Waals surface area (Å²) in [6.45, 7) is 5.02. The predicted octanol–water partition coefficient (Wildman–Crippen LogP) is 1.17. The zero-order valence-electron chi connectivity index (χ0n) is 6.68. The first kappa shape index (κ1) is 7.58. The molecule has 0 saturated heterocycles. The van der Waals surface area contributed by atoms with Crippen molar-refractivity contribution in [3.63, 3.8) is 0 Å². The Morgan fingerprint density at radius 2 is 2.30 bits per heavy atom. The summed E-state index contributed by atoms with van der Waals surface area (Å²) in [7, 11) is 0. The molecular formula is C8H15NO. The van der Waals surface area contributed by atoms with Gasteiger partial charge in [-0.05, 0) is 18.8 Å². The average molecular weight is 141 g/mol. The molecule has 1 saturated carbocycles. The molecule has 2 heteroatoms. The van der Waals surface area contributed by atoms with Crippen LogP contribution in [0, 0.1) is 11.8 Å². The Morgan fingerprint density at radius 3 is 2.70 bits per heavy atom. The minimum Gasteiger partial charge on any atom is -0.356 e.